The number of halogens is 2. The van der Waals surface area contributed by atoms with Gasteiger partial charge < -0.3 is 9.88 Å². The van der Waals surface area contributed by atoms with Crippen molar-refractivity contribution in [2.45, 2.75) is 0 Å². The van der Waals surface area contributed by atoms with Crippen molar-refractivity contribution in [3.63, 3.8) is 0 Å². The number of hydrogen-bond acceptors (Lipinski definition) is 2. The number of nitrogens with one attached hydrogen (secondary N) is 1. The summed E-state index contributed by atoms with van der Waals surface area (Å²) in [6.07, 6.45) is 1.53. The summed E-state index contributed by atoms with van der Waals surface area (Å²) in [6, 6.07) is 7.60. The van der Waals surface area contributed by atoms with E-state index in [0.29, 0.717) is 15.7 Å². The highest BCUT2D eigenvalue weighted by atomic mass is 35.5. The molecule has 98 valence electrons. The third-order valence-corrected chi connectivity index (χ3v) is 3.28. The molecule has 1 N–H and O–H groups in total. The quantitative estimate of drug-likeness (QED) is 0.926. The summed E-state index contributed by atoms with van der Waals surface area (Å²) in [5, 5.41) is 3.40. The fraction of sp³-hybridized carbons (Fsp3) is 0.0769. The number of amides is 1. The summed E-state index contributed by atoms with van der Waals surface area (Å²) in [5.74, 6) is -0.379. The zero-order valence-electron chi connectivity index (χ0n) is 9.98. The van der Waals surface area contributed by atoms with Crippen molar-refractivity contribution in [1.29, 1.82) is 0 Å². The first-order valence-corrected chi connectivity index (χ1v) is 6.16. The Kier molecular flexibility index (Phi) is 3.93. The van der Waals surface area contributed by atoms with Crippen LogP contribution in [0.3, 0.4) is 0 Å². The van der Waals surface area contributed by atoms with Crippen molar-refractivity contribution < 1.29 is 4.79 Å². The fourth-order valence-electron chi connectivity index (χ4n) is 1.47. The van der Waals surface area contributed by atoms with E-state index in [1.807, 2.05) is 0 Å². The molecule has 6 heteroatoms. The maximum absolute atomic E-state index is 11.9. The van der Waals surface area contributed by atoms with Crippen molar-refractivity contribution >= 4 is 34.8 Å². The number of carbonyl (C=O) groups excluding carboxylic acids is 1. The van der Waals surface area contributed by atoms with Crippen LogP contribution in [0.15, 0.2) is 41.3 Å². The first-order chi connectivity index (χ1) is 8.97. The third kappa shape index (κ3) is 3.16. The molecule has 0 atom stereocenters. The van der Waals surface area contributed by atoms with E-state index in [0.717, 1.165) is 0 Å². The van der Waals surface area contributed by atoms with E-state index in [1.54, 1.807) is 31.3 Å². The lowest BCUT2D eigenvalue weighted by molar-refractivity contribution is 0.102. The van der Waals surface area contributed by atoms with Crippen LogP contribution >= 0.6 is 23.2 Å². The monoisotopic (exact) mass is 296 g/mol. The van der Waals surface area contributed by atoms with Crippen molar-refractivity contribution in [1.82, 2.24) is 4.57 Å². The summed E-state index contributed by atoms with van der Waals surface area (Å²) in [4.78, 5) is 23.4. The molecule has 0 spiro atoms. The Morgan fingerprint density at radius 2 is 1.89 bits per heavy atom. The lowest BCUT2D eigenvalue weighted by Crippen LogP contribution is -2.19. The maximum atomic E-state index is 11.9. The highest BCUT2D eigenvalue weighted by molar-refractivity contribution is 6.42. The van der Waals surface area contributed by atoms with Gasteiger partial charge in [0.05, 0.1) is 10.0 Å². The van der Waals surface area contributed by atoms with Gasteiger partial charge in [-0.1, -0.05) is 23.2 Å². The molecule has 4 nitrogen and oxygen atoms in total. The van der Waals surface area contributed by atoms with Crippen molar-refractivity contribution in [3.05, 3.63) is 62.5 Å². The lowest BCUT2D eigenvalue weighted by Gasteiger charge is -2.06. The maximum Gasteiger partial charge on any atom is 0.255 e. The smallest absolute Gasteiger partial charge is 0.255 e. The molecule has 0 saturated heterocycles. The van der Waals surface area contributed by atoms with Gasteiger partial charge in [0.1, 0.15) is 0 Å². The van der Waals surface area contributed by atoms with Crippen LogP contribution in [0.25, 0.3) is 0 Å². The average Bonchev–Trinajstić information content (AvgIpc) is 2.37. The van der Waals surface area contributed by atoms with E-state index in [-0.39, 0.29) is 17.0 Å². The van der Waals surface area contributed by atoms with Crippen LogP contribution in [-0.2, 0) is 7.05 Å². The Morgan fingerprint density at radius 3 is 2.53 bits per heavy atom. The van der Waals surface area contributed by atoms with Crippen LogP contribution in [0.2, 0.25) is 10.0 Å². The molecule has 2 rings (SSSR count). The summed E-state index contributed by atoms with van der Waals surface area (Å²) in [6.45, 7) is 0. The minimum atomic E-state index is -0.379. The number of anilines is 1. The van der Waals surface area contributed by atoms with E-state index < -0.39 is 0 Å². The van der Waals surface area contributed by atoms with Gasteiger partial charge in [-0.25, -0.2) is 0 Å². The first kappa shape index (κ1) is 13.6. The number of hydrogen-bond donors (Lipinski definition) is 1. The molecule has 0 saturated carbocycles. The molecular formula is C13H10Cl2N2O2. The van der Waals surface area contributed by atoms with Crippen LogP contribution in [0, 0.1) is 0 Å². The molecule has 0 radical (unpaired) electrons. The highest BCUT2D eigenvalue weighted by Crippen LogP contribution is 2.25. The molecule has 2 aromatic rings. The van der Waals surface area contributed by atoms with Crippen molar-refractivity contribution in [2.75, 3.05) is 5.32 Å². The van der Waals surface area contributed by atoms with Gasteiger partial charge in [0.2, 0.25) is 0 Å². The van der Waals surface area contributed by atoms with Gasteiger partial charge in [-0.15, -0.1) is 0 Å². The van der Waals surface area contributed by atoms with Crippen LogP contribution < -0.4 is 10.9 Å². The van der Waals surface area contributed by atoms with Gasteiger partial charge in [-0.05, 0) is 24.3 Å². The Hall–Kier alpha value is -1.78. The van der Waals surface area contributed by atoms with E-state index in [9.17, 15) is 9.59 Å². The SMILES string of the molecule is Cn1ccc(C(=O)Nc2ccc(Cl)c(Cl)c2)cc1=O. The Labute approximate surface area is 119 Å². The first-order valence-electron chi connectivity index (χ1n) is 5.40. The van der Waals surface area contributed by atoms with Crippen LogP contribution in [-0.4, -0.2) is 10.5 Å². The van der Waals surface area contributed by atoms with Crippen molar-refractivity contribution in [3.8, 4) is 0 Å². The summed E-state index contributed by atoms with van der Waals surface area (Å²) in [5.41, 5.74) is 0.552. The lowest BCUT2D eigenvalue weighted by atomic mass is 10.2. The second-order valence-corrected chi connectivity index (χ2v) is 4.76. The number of nitrogens with zero attached hydrogens (tertiary/aromatic N) is 1. The molecular weight excluding hydrogens is 287 g/mol. The van der Waals surface area contributed by atoms with Gasteiger partial charge in [-0.3, -0.25) is 9.59 Å². The topological polar surface area (TPSA) is 51.1 Å². The average molecular weight is 297 g/mol. The normalized spacial score (nSPS) is 10.3. The fourth-order valence-corrected chi connectivity index (χ4v) is 1.76. The van der Waals surface area contributed by atoms with E-state index in [1.165, 1.54) is 16.8 Å². The molecule has 0 unspecified atom stereocenters. The molecule has 0 aliphatic carbocycles. The van der Waals surface area contributed by atoms with Gasteiger partial charge in [-0.2, -0.15) is 0 Å². The predicted octanol–water partition coefficient (Wildman–Crippen LogP) is 2.94. The van der Waals surface area contributed by atoms with Crippen molar-refractivity contribution in [2.24, 2.45) is 7.05 Å². The Balaban J connectivity index is 2.23. The molecule has 0 aliphatic rings. The zero-order valence-corrected chi connectivity index (χ0v) is 11.5. The molecule has 1 heterocycles. The summed E-state index contributed by atoms with van der Waals surface area (Å²) in [7, 11) is 1.61. The molecule has 19 heavy (non-hydrogen) atoms. The molecule has 1 amide bonds. The van der Waals surface area contributed by atoms with Gasteiger partial charge in [0.25, 0.3) is 11.5 Å². The summed E-state index contributed by atoms with van der Waals surface area (Å²) >= 11 is 11.6. The largest absolute Gasteiger partial charge is 0.322 e. The highest BCUT2D eigenvalue weighted by Gasteiger charge is 2.08. The second-order valence-electron chi connectivity index (χ2n) is 3.95. The molecule has 0 aliphatic heterocycles. The Bertz CT molecular complexity index is 695. The van der Waals surface area contributed by atoms with E-state index in [2.05, 4.69) is 5.32 Å². The number of benzene rings is 1. The minimum absolute atomic E-state index is 0.248. The number of carbonyl (C=O) groups is 1. The van der Waals surface area contributed by atoms with E-state index in [4.69, 9.17) is 23.2 Å². The molecule has 1 aromatic heterocycles. The van der Waals surface area contributed by atoms with E-state index >= 15 is 0 Å². The predicted molar refractivity (Wildman–Crippen MR) is 76.1 cm³/mol. The van der Waals surface area contributed by atoms with Gasteiger partial charge in [0, 0.05) is 30.6 Å². The zero-order chi connectivity index (χ0) is 14.0. The molecule has 0 fully saturated rings. The number of rotatable bonds is 2. The van der Waals surface area contributed by atoms with Gasteiger partial charge in [0.15, 0.2) is 0 Å². The van der Waals surface area contributed by atoms with Gasteiger partial charge >= 0.3 is 0 Å². The third-order valence-electron chi connectivity index (χ3n) is 2.54. The summed E-state index contributed by atoms with van der Waals surface area (Å²) < 4.78 is 1.38. The minimum Gasteiger partial charge on any atom is -0.322 e. The molecule has 0 bridgehead atoms. The van der Waals surface area contributed by atoms with Crippen LogP contribution in [0.5, 0.6) is 0 Å². The number of aromatic nitrogens is 1. The standard InChI is InChI=1S/C13H10Cl2N2O2/c1-17-5-4-8(6-12(17)18)13(19)16-9-2-3-10(14)11(15)7-9/h2-7H,1H3,(H,16,19). The second kappa shape index (κ2) is 5.47. The van der Waals surface area contributed by atoms with Crippen LogP contribution in [0.1, 0.15) is 10.4 Å². The number of aryl methyl sites for hydroxylation is 1. The Morgan fingerprint density at radius 1 is 1.16 bits per heavy atom. The number of pyridine rings is 1. The molecule has 1 aromatic carbocycles. The van der Waals surface area contributed by atoms with Crippen LogP contribution in [0.4, 0.5) is 5.69 Å².